The molecule has 3 aromatic rings. The number of likely N-dealkylation sites (tertiary alicyclic amines) is 1. The summed E-state index contributed by atoms with van der Waals surface area (Å²) in [6.45, 7) is 11.0. The summed E-state index contributed by atoms with van der Waals surface area (Å²) in [5.41, 5.74) is -0.608. The van der Waals surface area contributed by atoms with E-state index in [9.17, 15) is 19.5 Å². The lowest BCUT2D eigenvalue weighted by atomic mass is 9.85. The largest absolute Gasteiger partial charge is 0.480 e. The summed E-state index contributed by atoms with van der Waals surface area (Å²) < 4.78 is 6.25. The summed E-state index contributed by atoms with van der Waals surface area (Å²) >= 11 is 1.43. The molecular formula is C27H34N6O5S. The number of hydrogen-bond donors (Lipinski definition) is 3. The van der Waals surface area contributed by atoms with E-state index in [1.54, 1.807) is 18.3 Å². The highest BCUT2D eigenvalue weighted by molar-refractivity contribution is 7.16. The molecule has 0 spiro atoms. The second-order valence-corrected chi connectivity index (χ2v) is 12.6. The molecule has 0 bridgehead atoms. The van der Waals surface area contributed by atoms with Crippen LogP contribution in [0.15, 0.2) is 35.8 Å². The molecule has 1 aliphatic rings. The van der Waals surface area contributed by atoms with E-state index >= 15 is 0 Å². The first-order valence-electron chi connectivity index (χ1n) is 12.7. The molecule has 0 saturated carbocycles. The highest BCUT2D eigenvalue weighted by Crippen LogP contribution is 2.33. The smallest absolute Gasteiger partial charge is 0.326 e. The van der Waals surface area contributed by atoms with Gasteiger partial charge in [-0.05, 0) is 49.8 Å². The Hall–Kier alpha value is -3.80. The number of nitrogens with one attached hydrogen (secondary N) is 2. The SMILES string of the molecule is CC(C)(C)NC(=O)N[C@H](C(=O)N1CC(Oc2nc(-c3ccccn3)nc3sccc23)CC1C(=O)O)C(C)(C)C. The first kappa shape index (κ1) is 28.2. The van der Waals surface area contributed by atoms with Crippen LogP contribution in [-0.2, 0) is 9.59 Å². The molecule has 3 amide bonds. The van der Waals surface area contributed by atoms with Crippen LogP contribution in [-0.4, -0.2) is 73.1 Å². The Morgan fingerprint density at radius 3 is 2.49 bits per heavy atom. The van der Waals surface area contributed by atoms with E-state index in [0.29, 0.717) is 27.6 Å². The minimum atomic E-state index is -1.14. The molecule has 39 heavy (non-hydrogen) atoms. The lowest BCUT2D eigenvalue weighted by molar-refractivity contribution is -0.150. The molecule has 1 saturated heterocycles. The predicted molar refractivity (Wildman–Crippen MR) is 147 cm³/mol. The maximum Gasteiger partial charge on any atom is 0.326 e. The van der Waals surface area contributed by atoms with Crippen molar-refractivity contribution in [2.75, 3.05) is 6.54 Å². The average Bonchev–Trinajstić information content (AvgIpc) is 3.48. The molecule has 4 heterocycles. The van der Waals surface area contributed by atoms with Crippen molar-refractivity contribution < 1.29 is 24.2 Å². The lowest BCUT2D eigenvalue weighted by Crippen LogP contribution is -2.60. The molecule has 3 aromatic heterocycles. The fourth-order valence-electron chi connectivity index (χ4n) is 4.37. The average molecular weight is 555 g/mol. The number of nitrogens with zero attached hydrogens (tertiary/aromatic N) is 4. The van der Waals surface area contributed by atoms with E-state index in [-0.39, 0.29) is 13.0 Å². The van der Waals surface area contributed by atoms with Gasteiger partial charge in [-0.2, -0.15) is 4.98 Å². The van der Waals surface area contributed by atoms with Gasteiger partial charge in [0.2, 0.25) is 11.8 Å². The summed E-state index contributed by atoms with van der Waals surface area (Å²) in [7, 11) is 0. The number of carbonyl (C=O) groups excluding carboxylic acids is 2. The van der Waals surface area contributed by atoms with Crippen LogP contribution in [0.1, 0.15) is 48.0 Å². The quantitative estimate of drug-likeness (QED) is 0.418. The van der Waals surface area contributed by atoms with Crippen molar-refractivity contribution in [1.82, 2.24) is 30.5 Å². The van der Waals surface area contributed by atoms with Crippen LogP contribution < -0.4 is 15.4 Å². The van der Waals surface area contributed by atoms with Gasteiger partial charge in [0.1, 0.15) is 28.7 Å². The van der Waals surface area contributed by atoms with E-state index in [4.69, 9.17) is 4.74 Å². The molecule has 0 radical (unpaired) electrons. The van der Waals surface area contributed by atoms with Crippen molar-refractivity contribution in [1.29, 1.82) is 0 Å². The van der Waals surface area contributed by atoms with Crippen molar-refractivity contribution >= 4 is 39.5 Å². The molecule has 1 aliphatic heterocycles. The Labute approximate surface area is 231 Å². The number of hydrogen-bond acceptors (Lipinski definition) is 8. The zero-order valence-corrected chi connectivity index (χ0v) is 23.7. The molecule has 208 valence electrons. The van der Waals surface area contributed by atoms with Crippen molar-refractivity contribution in [2.24, 2.45) is 5.41 Å². The van der Waals surface area contributed by atoms with E-state index in [0.717, 1.165) is 0 Å². The van der Waals surface area contributed by atoms with Gasteiger partial charge in [-0.3, -0.25) is 9.78 Å². The second kappa shape index (κ2) is 10.8. The van der Waals surface area contributed by atoms with Crippen LogP contribution in [0.25, 0.3) is 21.7 Å². The van der Waals surface area contributed by atoms with E-state index in [2.05, 4.69) is 25.6 Å². The molecular weight excluding hydrogens is 520 g/mol. The Bertz CT molecular complexity index is 1360. The van der Waals surface area contributed by atoms with Gasteiger partial charge in [-0.25, -0.2) is 14.6 Å². The van der Waals surface area contributed by atoms with Crippen molar-refractivity contribution in [3.8, 4) is 17.4 Å². The van der Waals surface area contributed by atoms with E-state index < -0.39 is 47.0 Å². The van der Waals surface area contributed by atoms with Gasteiger partial charge < -0.3 is 25.4 Å². The van der Waals surface area contributed by atoms with Gasteiger partial charge in [0.05, 0.1) is 11.9 Å². The number of rotatable bonds is 6. The molecule has 3 N–H and O–H groups in total. The first-order chi connectivity index (χ1) is 18.2. The predicted octanol–water partition coefficient (Wildman–Crippen LogP) is 3.70. The number of amides is 3. The monoisotopic (exact) mass is 554 g/mol. The number of carbonyl (C=O) groups is 3. The van der Waals surface area contributed by atoms with Crippen molar-refractivity contribution in [2.45, 2.75) is 71.7 Å². The van der Waals surface area contributed by atoms with Gasteiger partial charge in [-0.1, -0.05) is 26.8 Å². The van der Waals surface area contributed by atoms with Gasteiger partial charge in [-0.15, -0.1) is 11.3 Å². The number of fused-ring (bicyclic) bond motifs is 1. The second-order valence-electron chi connectivity index (χ2n) is 11.7. The first-order valence-corrected chi connectivity index (χ1v) is 13.6. The van der Waals surface area contributed by atoms with Crippen molar-refractivity contribution in [3.05, 3.63) is 35.8 Å². The van der Waals surface area contributed by atoms with Crippen molar-refractivity contribution in [3.63, 3.8) is 0 Å². The topological polar surface area (TPSA) is 147 Å². The number of ether oxygens (including phenoxy) is 1. The third-order valence-electron chi connectivity index (χ3n) is 6.17. The fourth-order valence-corrected chi connectivity index (χ4v) is 5.12. The maximum atomic E-state index is 13.7. The molecule has 12 heteroatoms. The van der Waals surface area contributed by atoms with Crippen LogP contribution in [0.4, 0.5) is 4.79 Å². The molecule has 0 aliphatic carbocycles. The molecule has 2 unspecified atom stereocenters. The normalized spacial score (nSPS) is 18.6. The third kappa shape index (κ3) is 6.62. The summed E-state index contributed by atoms with van der Waals surface area (Å²) in [6.07, 6.45) is 1.09. The Kier molecular flexibility index (Phi) is 7.78. The highest BCUT2D eigenvalue weighted by Gasteiger charge is 2.46. The maximum absolute atomic E-state index is 13.7. The summed E-state index contributed by atoms with van der Waals surface area (Å²) in [5, 5.41) is 18.1. The minimum absolute atomic E-state index is 0.0273. The number of urea groups is 1. The highest BCUT2D eigenvalue weighted by atomic mass is 32.1. The van der Waals surface area contributed by atoms with Gasteiger partial charge >= 0.3 is 12.0 Å². The Morgan fingerprint density at radius 2 is 1.87 bits per heavy atom. The Morgan fingerprint density at radius 1 is 1.13 bits per heavy atom. The zero-order valence-electron chi connectivity index (χ0n) is 22.9. The standard InChI is InChI=1S/C27H34N6O5S/c1-26(2,3)19(29-25(37)32-27(4,5)6)23(34)33-14-15(13-18(33)24(35)36)38-21-16-10-12-39-22(16)31-20(30-21)17-9-7-8-11-28-17/h7-12,15,18-19H,13-14H2,1-6H3,(H,35,36)(H2,29,32,37)/t15?,18?,19-/m1/s1. The lowest BCUT2D eigenvalue weighted by Gasteiger charge is -2.35. The van der Waals surface area contributed by atoms with Crippen LogP contribution >= 0.6 is 11.3 Å². The summed E-state index contributed by atoms with van der Waals surface area (Å²) in [5.74, 6) is -0.926. The number of aromatic nitrogens is 3. The van der Waals surface area contributed by atoms with E-state index in [1.165, 1.54) is 16.2 Å². The number of thiophene rings is 1. The number of carboxylic acid groups (broad SMARTS) is 1. The molecule has 3 atom stereocenters. The summed E-state index contributed by atoms with van der Waals surface area (Å²) in [4.78, 5) is 54.1. The zero-order chi connectivity index (χ0) is 28.5. The van der Waals surface area contributed by atoms with Crippen LogP contribution in [0.2, 0.25) is 0 Å². The summed E-state index contributed by atoms with van der Waals surface area (Å²) in [6, 6.07) is 4.70. The Balaban J connectivity index is 1.59. The fraction of sp³-hybridized carbons (Fsp3) is 0.481. The molecule has 11 nitrogen and oxygen atoms in total. The number of pyridine rings is 1. The van der Waals surface area contributed by atoms with Gasteiger partial charge in [0.25, 0.3) is 0 Å². The van der Waals surface area contributed by atoms with Crippen LogP contribution in [0.3, 0.4) is 0 Å². The third-order valence-corrected chi connectivity index (χ3v) is 6.98. The number of carboxylic acids is 1. The number of aliphatic carboxylic acids is 1. The molecule has 1 fully saturated rings. The molecule has 0 aromatic carbocycles. The van der Waals surface area contributed by atoms with Crippen LogP contribution in [0.5, 0.6) is 5.88 Å². The van der Waals surface area contributed by atoms with Gasteiger partial charge in [0, 0.05) is 18.2 Å². The van der Waals surface area contributed by atoms with Gasteiger partial charge in [0.15, 0.2) is 5.82 Å². The molecule has 4 rings (SSSR count). The van der Waals surface area contributed by atoms with Crippen LogP contribution in [0, 0.1) is 5.41 Å². The minimum Gasteiger partial charge on any atom is -0.480 e. The van der Waals surface area contributed by atoms with E-state index in [1.807, 2.05) is 59.1 Å².